The van der Waals surface area contributed by atoms with Crippen LogP contribution in [-0.2, 0) is 46.5 Å². The van der Waals surface area contributed by atoms with E-state index >= 15 is 0 Å². The van der Waals surface area contributed by atoms with Crippen molar-refractivity contribution in [3.05, 3.63) is 183 Å². The van der Waals surface area contributed by atoms with E-state index in [9.17, 15) is 44.2 Å². The van der Waals surface area contributed by atoms with Crippen LogP contribution in [0.1, 0.15) is 31.4 Å². The number of para-hydroxylation sites is 4. The molecule has 20 nitrogen and oxygen atoms in total. The summed E-state index contributed by atoms with van der Waals surface area (Å²) >= 11 is 0.785. The molecule has 1 N–H and O–H groups in total. The van der Waals surface area contributed by atoms with Crippen LogP contribution in [0.5, 0.6) is 17.2 Å². The molecule has 370 valence electrons. The monoisotopic (exact) mass is 1010 g/mol. The average Bonchev–Trinajstić information content (AvgIpc) is 3.35. The maximum absolute atomic E-state index is 14.9. The van der Waals surface area contributed by atoms with Gasteiger partial charge in [-0.3, -0.25) is 34.7 Å². The first-order chi connectivity index (χ1) is 34.1. The van der Waals surface area contributed by atoms with Crippen molar-refractivity contribution in [1.29, 1.82) is 0 Å². The molecule has 0 radical (unpaired) electrons. The molecule has 71 heavy (non-hydrogen) atoms. The Kier molecular flexibility index (Phi) is 18.3. The van der Waals surface area contributed by atoms with Crippen molar-refractivity contribution < 1.29 is 66.3 Å². The highest BCUT2D eigenvalue weighted by molar-refractivity contribution is 8.13. The van der Waals surface area contributed by atoms with E-state index in [-0.39, 0.29) is 59.7 Å². The SMILES string of the molecule is C=C(C)COC(=O)C(N1C(=O)C(C(C)OC(=O)OCc2ccccc2[N+](=O)[O-])C1CC(=O)SCCNC(=O)OCc1ccc([N+](=O)[O-])cc1)=P(Oc1ccccc1)(Oc1ccccc1)Oc1ccccc1. The van der Waals surface area contributed by atoms with Crippen LogP contribution in [0.15, 0.2) is 152 Å². The van der Waals surface area contributed by atoms with Crippen LogP contribution in [0.3, 0.4) is 0 Å². The van der Waals surface area contributed by atoms with E-state index in [0.717, 1.165) is 16.7 Å². The Hall–Kier alpha value is -8.16. The molecule has 1 saturated heterocycles. The summed E-state index contributed by atoms with van der Waals surface area (Å²) in [5, 5.41) is 24.6. The van der Waals surface area contributed by atoms with Crippen LogP contribution in [0.4, 0.5) is 21.0 Å². The largest absolute Gasteiger partial charge is 0.508 e. The van der Waals surface area contributed by atoms with E-state index < -0.39 is 83.2 Å². The number of carbonyl (C=O) groups is 5. The fraction of sp³-hybridized carbons (Fsp3) is 0.224. The summed E-state index contributed by atoms with van der Waals surface area (Å²) < 4.78 is 41.8. The van der Waals surface area contributed by atoms with Gasteiger partial charge < -0.3 is 37.8 Å². The molecule has 0 bridgehead atoms. The minimum Gasteiger partial charge on any atom is -0.456 e. The number of ether oxygens (including phenoxy) is 4. The lowest BCUT2D eigenvalue weighted by molar-refractivity contribution is -0.385. The fourth-order valence-electron chi connectivity index (χ4n) is 6.87. The second kappa shape index (κ2) is 24.9. The summed E-state index contributed by atoms with van der Waals surface area (Å²) in [5.74, 6) is -2.81. The van der Waals surface area contributed by atoms with Crippen molar-refractivity contribution >= 4 is 65.4 Å². The molecule has 0 spiro atoms. The molecule has 3 atom stereocenters. The highest BCUT2D eigenvalue weighted by Gasteiger charge is 2.59. The predicted molar refractivity (Wildman–Crippen MR) is 260 cm³/mol. The van der Waals surface area contributed by atoms with Crippen molar-refractivity contribution in [1.82, 2.24) is 10.2 Å². The smallest absolute Gasteiger partial charge is 0.456 e. The van der Waals surface area contributed by atoms with Gasteiger partial charge in [0.25, 0.3) is 11.4 Å². The zero-order valence-corrected chi connectivity index (χ0v) is 39.9. The number of carbonyl (C=O) groups excluding carboxylic acids is 5. The van der Waals surface area contributed by atoms with Crippen LogP contribution in [0, 0.1) is 26.1 Å². The average molecular weight is 1010 g/mol. The Morgan fingerprint density at radius 1 is 0.746 bits per heavy atom. The fourth-order valence-corrected chi connectivity index (χ4v) is 9.96. The van der Waals surface area contributed by atoms with Gasteiger partial charge in [0.1, 0.15) is 43.2 Å². The number of amides is 2. The molecule has 0 saturated carbocycles. The second-order valence-electron chi connectivity index (χ2n) is 15.5. The van der Waals surface area contributed by atoms with Gasteiger partial charge in [0, 0.05) is 36.9 Å². The zero-order chi connectivity index (χ0) is 50.9. The Bertz CT molecular complexity index is 2680. The molecule has 22 heteroatoms. The number of β-lactam (4-membered cyclic amide) rings is 1. The van der Waals surface area contributed by atoms with E-state index in [0.29, 0.717) is 11.1 Å². The molecular formula is C49H47N4O16PS. The number of hydrogen-bond donors (Lipinski definition) is 1. The molecule has 5 aromatic rings. The summed E-state index contributed by atoms with van der Waals surface area (Å²) in [5.41, 5.74) is 0.0229. The molecule has 1 heterocycles. The number of nitrogens with zero attached hydrogens (tertiary/aromatic N) is 3. The molecule has 0 aromatic heterocycles. The van der Waals surface area contributed by atoms with Crippen LogP contribution < -0.4 is 18.9 Å². The van der Waals surface area contributed by atoms with Gasteiger partial charge in [0.2, 0.25) is 11.3 Å². The number of esters is 1. The van der Waals surface area contributed by atoms with E-state index in [1.54, 1.807) is 97.9 Å². The highest BCUT2D eigenvalue weighted by atomic mass is 32.2. The van der Waals surface area contributed by atoms with Crippen molar-refractivity contribution in [2.45, 2.75) is 45.6 Å². The minimum absolute atomic E-state index is 0.0142. The predicted octanol–water partition coefficient (Wildman–Crippen LogP) is 9.20. The van der Waals surface area contributed by atoms with Gasteiger partial charge in [-0.05, 0) is 79.6 Å². The van der Waals surface area contributed by atoms with Gasteiger partial charge in [-0.2, -0.15) is 0 Å². The third-order valence-electron chi connectivity index (χ3n) is 10.1. The summed E-state index contributed by atoms with van der Waals surface area (Å²) in [6.45, 7) is 5.73. The third-order valence-corrected chi connectivity index (χ3v) is 13.3. The van der Waals surface area contributed by atoms with Gasteiger partial charge in [-0.25, -0.2) is 14.4 Å². The number of nitro benzene ring substituents is 2. The van der Waals surface area contributed by atoms with Crippen molar-refractivity contribution in [3.63, 3.8) is 0 Å². The number of alkyl carbamates (subject to hydrolysis) is 1. The van der Waals surface area contributed by atoms with Crippen LogP contribution in [0.2, 0.25) is 0 Å². The standard InChI is InChI=1S/C49H47N4O16PS/c1-33(2)30-63-47(56)46(70(67-38-16-7-4-8-17-38,68-39-18-9-5-10-19-39)69-40-20-11-6-12-21-40)51-42(29-43(54)71-28-27-50-48(57)64-31-35-23-25-37(26-24-35)52(59)60)44(45(51)55)34(3)66-49(58)65-32-36-15-13-14-22-41(36)53(61)62/h4-26,34,42,44H,1,27-32H2,2-3H3,(H,50,57). The first kappa shape index (κ1) is 52.2. The van der Waals surface area contributed by atoms with Crippen molar-refractivity contribution in [2.24, 2.45) is 5.92 Å². The molecule has 1 aliphatic heterocycles. The van der Waals surface area contributed by atoms with Crippen molar-refractivity contribution in [3.8, 4) is 17.2 Å². The molecule has 2 amide bonds. The number of nitrogens with one attached hydrogen (secondary N) is 1. The quantitative estimate of drug-likeness (QED) is 0.00935. The van der Waals surface area contributed by atoms with Crippen molar-refractivity contribution in [2.75, 3.05) is 18.9 Å². The molecule has 1 aliphatic rings. The third kappa shape index (κ3) is 14.4. The number of likely N-dealkylation sites (tertiary alicyclic amines) is 1. The number of thioether (sulfide) groups is 1. The van der Waals surface area contributed by atoms with Crippen LogP contribution in [-0.4, -0.2) is 80.5 Å². The maximum Gasteiger partial charge on any atom is 0.508 e. The lowest BCUT2D eigenvalue weighted by Crippen LogP contribution is -2.68. The van der Waals surface area contributed by atoms with Gasteiger partial charge >= 0.3 is 25.8 Å². The van der Waals surface area contributed by atoms with Crippen LogP contribution >= 0.6 is 19.3 Å². The van der Waals surface area contributed by atoms with Crippen LogP contribution in [0.25, 0.3) is 0 Å². The highest BCUT2D eigenvalue weighted by Crippen LogP contribution is 2.55. The number of rotatable bonds is 23. The molecular weight excluding hydrogens is 964 g/mol. The summed E-state index contributed by atoms with van der Waals surface area (Å²) in [6, 6.07) is 34.4. The number of benzene rings is 5. The van der Waals surface area contributed by atoms with Gasteiger partial charge in [-0.15, -0.1) is 0 Å². The van der Waals surface area contributed by atoms with E-state index in [1.807, 2.05) is 0 Å². The molecule has 1 fully saturated rings. The zero-order valence-electron chi connectivity index (χ0n) is 38.2. The second-order valence-corrected chi connectivity index (χ2v) is 18.6. The number of hydrogen-bond acceptors (Lipinski definition) is 17. The molecule has 5 aromatic carbocycles. The summed E-state index contributed by atoms with van der Waals surface area (Å²) in [4.78, 5) is 91.9. The first-order valence-electron chi connectivity index (χ1n) is 21.6. The Balaban J connectivity index is 1.34. The normalized spacial score (nSPS) is 14.3. The Morgan fingerprint density at radius 2 is 1.30 bits per heavy atom. The van der Waals surface area contributed by atoms with E-state index in [2.05, 4.69) is 11.9 Å². The lowest BCUT2D eigenvalue weighted by atomic mass is 9.81. The minimum atomic E-state index is -4.52. The molecule has 3 unspecified atom stereocenters. The Labute approximate surface area is 411 Å². The van der Waals surface area contributed by atoms with E-state index in [1.165, 1.54) is 55.5 Å². The summed E-state index contributed by atoms with van der Waals surface area (Å²) in [7, 11) is -4.52. The molecule has 6 rings (SSSR count). The van der Waals surface area contributed by atoms with Gasteiger partial charge in [0.05, 0.1) is 27.4 Å². The topological polar surface area (TPSA) is 252 Å². The first-order valence-corrected chi connectivity index (χ1v) is 24.2. The van der Waals surface area contributed by atoms with Gasteiger partial charge in [0.15, 0.2) is 5.12 Å². The molecule has 0 aliphatic carbocycles. The number of nitro groups is 2. The maximum atomic E-state index is 14.9. The summed E-state index contributed by atoms with van der Waals surface area (Å²) in [6.07, 6.45) is -3.93. The number of non-ortho nitro benzene ring substituents is 1. The van der Waals surface area contributed by atoms with E-state index in [4.69, 9.17) is 32.5 Å². The Morgan fingerprint density at radius 3 is 1.83 bits per heavy atom. The van der Waals surface area contributed by atoms with Gasteiger partial charge in [-0.1, -0.05) is 85.1 Å². The lowest BCUT2D eigenvalue weighted by Gasteiger charge is -2.49.